The molecular formula is C21H23NO2. The number of ether oxygens (including phenoxy) is 1. The van der Waals surface area contributed by atoms with E-state index in [4.69, 9.17) is 4.74 Å². The van der Waals surface area contributed by atoms with Crippen LogP contribution in [0.2, 0.25) is 0 Å². The zero-order valence-corrected chi connectivity index (χ0v) is 14.4. The summed E-state index contributed by atoms with van der Waals surface area (Å²) < 4.78 is 6.07. The number of amides is 1. The molecule has 0 aromatic heterocycles. The molecule has 0 bridgehead atoms. The number of hydrogen-bond acceptors (Lipinski definition) is 2. The molecule has 0 unspecified atom stereocenters. The Morgan fingerprint density at radius 3 is 2.71 bits per heavy atom. The second-order valence-corrected chi connectivity index (χ2v) is 6.91. The molecule has 3 heteroatoms. The fourth-order valence-electron chi connectivity index (χ4n) is 3.04. The van der Waals surface area contributed by atoms with Gasteiger partial charge in [0.05, 0.1) is 6.04 Å². The third-order valence-electron chi connectivity index (χ3n) is 4.17. The maximum Gasteiger partial charge on any atom is 0.244 e. The number of rotatable bonds is 3. The molecule has 1 aliphatic rings. The van der Waals surface area contributed by atoms with E-state index in [0.717, 1.165) is 28.9 Å². The van der Waals surface area contributed by atoms with Crippen molar-refractivity contribution in [1.82, 2.24) is 5.32 Å². The summed E-state index contributed by atoms with van der Waals surface area (Å²) >= 11 is 0. The number of nitrogens with one attached hydrogen (secondary N) is 1. The van der Waals surface area contributed by atoms with Gasteiger partial charge < -0.3 is 10.1 Å². The summed E-state index contributed by atoms with van der Waals surface area (Å²) in [5, 5.41) is 3.11. The van der Waals surface area contributed by atoms with Gasteiger partial charge in [-0.1, -0.05) is 42.5 Å². The molecule has 2 aromatic rings. The van der Waals surface area contributed by atoms with Crippen LogP contribution >= 0.6 is 0 Å². The van der Waals surface area contributed by atoms with Crippen molar-refractivity contribution >= 4 is 12.0 Å². The van der Waals surface area contributed by atoms with E-state index in [9.17, 15) is 4.79 Å². The molecule has 0 fully saturated rings. The molecule has 1 aliphatic heterocycles. The predicted octanol–water partition coefficient (Wildman–Crippen LogP) is 4.43. The van der Waals surface area contributed by atoms with Gasteiger partial charge in [0, 0.05) is 18.1 Å². The van der Waals surface area contributed by atoms with Crippen LogP contribution in [-0.2, 0) is 4.79 Å². The highest BCUT2D eigenvalue weighted by atomic mass is 16.5. The van der Waals surface area contributed by atoms with E-state index in [-0.39, 0.29) is 17.6 Å². The van der Waals surface area contributed by atoms with Crippen molar-refractivity contribution < 1.29 is 9.53 Å². The summed E-state index contributed by atoms with van der Waals surface area (Å²) in [6, 6.07) is 15.9. The first kappa shape index (κ1) is 16.3. The van der Waals surface area contributed by atoms with Gasteiger partial charge in [-0.05, 0) is 44.0 Å². The summed E-state index contributed by atoms with van der Waals surface area (Å²) in [4.78, 5) is 12.3. The predicted molar refractivity (Wildman–Crippen MR) is 96.9 cm³/mol. The van der Waals surface area contributed by atoms with Gasteiger partial charge in [0.15, 0.2) is 0 Å². The van der Waals surface area contributed by atoms with Gasteiger partial charge in [0.1, 0.15) is 11.4 Å². The smallest absolute Gasteiger partial charge is 0.244 e. The highest BCUT2D eigenvalue weighted by Crippen LogP contribution is 2.39. The maximum atomic E-state index is 12.3. The molecule has 2 aromatic carbocycles. The first-order chi connectivity index (χ1) is 11.4. The van der Waals surface area contributed by atoms with Gasteiger partial charge in [0.25, 0.3) is 0 Å². The number of carbonyl (C=O) groups excluding carboxylic acids is 1. The molecule has 24 heavy (non-hydrogen) atoms. The molecule has 3 nitrogen and oxygen atoms in total. The summed E-state index contributed by atoms with van der Waals surface area (Å²) in [5.41, 5.74) is 2.90. The van der Waals surface area contributed by atoms with Crippen LogP contribution in [0, 0.1) is 6.92 Å². The van der Waals surface area contributed by atoms with Gasteiger partial charge in [-0.25, -0.2) is 0 Å². The Hall–Kier alpha value is -2.55. The maximum absolute atomic E-state index is 12.3. The summed E-state index contributed by atoms with van der Waals surface area (Å²) in [7, 11) is 0. The van der Waals surface area contributed by atoms with Crippen LogP contribution in [0.5, 0.6) is 5.75 Å². The van der Waals surface area contributed by atoms with E-state index in [0.29, 0.717) is 0 Å². The van der Waals surface area contributed by atoms with Crippen LogP contribution < -0.4 is 10.1 Å². The second kappa shape index (κ2) is 6.52. The lowest BCUT2D eigenvalue weighted by Crippen LogP contribution is -2.40. The first-order valence-electron chi connectivity index (χ1n) is 8.26. The lowest BCUT2D eigenvalue weighted by atomic mass is 9.89. The number of aryl methyl sites for hydroxylation is 1. The van der Waals surface area contributed by atoms with Gasteiger partial charge in [0.2, 0.25) is 5.91 Å². The minimum Gasteiger partial charge on any atom is -0.487 e. The Morgan fingerprint density at radius 2 is 1.96 bits per heavy atom. The summed E-state index contributed by atoms with van der Waals surface area (Å²) in [5.74, 6) is 0.775. The fraction of sp³-hybridized carbons (Fsp3) is 0.286. The highest BCUT2D eigenvalue weighted by Gasteiger charge is 2.34. The van der Waals surface area contributed by atoms with E-state index >= 15 is 0 Å². The molecule has 0 saturated heterocycles. The summed E-state index contributed by atoms with van der Waals surface area (Å²) in [6.07, 6.45) is 4.16. The topological polar surface area (TPSA) is 38.3 Å². The number of hydrogen-bond donors (Lipinski definition) is 1. The van der Waals surface area contributed by atoms with Crippen LogP contribution in [0.25, 0.3) is 6.08 Å². The third-order valence-corrected chi connectivity index (χ3v) is 4.17. The molecule has 0 aliphatic carbocycles. The normalized spacial score (nSPS) is 18.7. The van der Waals surface area contributed by atoms with Crippen LogP contribution in [0.15, 0.2) is 54.6 Å². The second-order valence-electron chi connectivity index (χ2n) is 6.91. The molecule has 0 spiro atoms. The quantitative estimate of drug-likeness (QED) is 0.850. The number of fused-ring (bicyclic) bond motifs is 1. The van der Waals surface area contributed by atoms with Crippen molar-refractivity contribution in [2.45, 2.75) is 38.8 Å². The minimum absolute atomic E-state index is 0.0442. The van der Waals surface area contributed by atoms with Crippen LogP contribution in [0.1, 0.15) is 43.0 Å². The van der Waals surface area contributed by atoms with Crippen molar-refractivity contribution in [2.75, 3.05) is 0 Å². The van der Waals surface area contributed by atoms with Gasteiger partial charge in [-0.3, -0.25) is 4.79 Å². The average Bonchev–Trinajstić information content (AvgIpc) is 2.52. The molecule has 0 saturated carbocycles. The van der Waals surface area contributed by atoms with Crippen molar-refractivity contribution in [3.63, 3.8) is 0 Å². The Kier molecular flexibility index (Phi) is 4.43. The minimum atomic E-state index is -0.304. The van der Waals surface area contributed by atoms with E-state index in [2.05, 4.69) is 25.2 Å². The zero-order valence-electron chi connectivity index (χ0n) is 14.4. The fourth-order valence-corrected chi connectivity index (χ4v) is 3.04. The molecule has 1 amide bonds. The molecule has 124 valence electrons. The molecular weight excluding hydrogens is 298 g/mol. The standard InChI is InChI=1S/C21H23NO2/c1-15-9-11-17-18(14-21(2,3)24-19(17)13-15)22-20(23)12-10-16-7-5-4-6-8-16/h4-13,18H,14H2,1-3H3,(H,22,23)/b12-10+/t18-/m1/s1. The van der Waals surface area contributed by atoms with Crippen molar-refractivity contribution in [1.29, 1.82) is 0 Å². The van der Waals surface area contributed by atoms with E-state index in [1.165, 1.54) is 0 Å². The largest absolute Gasteiger partial charge is 0.487 e. The molecule has 0 radical (unpaired) electrons. The third kappa shape index (κ3) is 3.85. The van der Waals surface area contributed by atoms with Crippen LogP contribution in [0.4, 0.5) is 0 Å². The molecule has 1 atom stereocenters. The SMILES string of the molecule is Cc1ccc2c(c1)OC(C)(C)C[C@H]2NC(=O)/C=C/c1ccccc1. The molecule has 1 N–H and O–H groups in total. The Balaban J connectivity index is 1.77. The van der Waals surface area contributed by atoms with Crippen LogP contribution in [0.3, 0.4) is 0 Å². The van der Waals surface area contributed by atoms with E-state index in [1.807, 2.05) is 55.5 Å². The van der Waals surface area contributed by atoms with Crippen molar-refractivity contribution in [3.8, 4) is 5.75 Å². The molecule has 3 rings (SSSR count). The average molecular weight is 321 g/mol. The Morgan fingerprint density at radius 1 is 1.21 bits per heavy atom. The zero-order chi connectivity index (χ0) is 17.2. The highest BCUT2D eigenvalue weighted by molar-refractivity contribution is 5.92. The van der Waals surface area contributed by atoms with Gasteiger partial charge in [-0.2, -0.15) is 0 Å². The monoisotopic (exact) mass is 321 g/mol. The first-order valence-corrected chi connectivity index (χ1v) is 8.26. The Bertz CT molecular complexity index is 763. The summed E-state index contributed by atoms with van der Waals surface area (Å²) in [6.45, 7) is 6.15. The number of carbonyl (C=O) groups is 1. The number of benzene rings is 2. The van der Waals surface area contributed by atoms with Gasteiger partial charge >= 0.3 is 0 Å². The Labute approximate surface area is 143 Å². The van der Waals surface area contributed by atoms with Crippen LogP contribution in [-0.4, -0.2) is 11.5 Å². The van der Waals surface area contributed by atoms with Crippen molar-refractivity contribution in [3.05, 3.63) is 71.3 Å². The van der Waals surface area contributed by atoms with E-state index in [1.54, 1.807) is 6.08 Å². The lowest BCUT2D eigenvalue weighted by molar-refractivity contribution is -0.117. The molecule has 1 heterocycles. The lowest BCUT2D eigenvalue weighted by Gasteiger charge is -2.38. The van der Waals surface area contributed by atoms with Crippen molar-refractivity contribution in [2.24, 2.45) is 0 Å². The van der Waals surface area contributed by atoms with E-state index < -0.39 is 0 Å². The van der Waals surface area contributed by atoms with Gasteiger partial charge in [-0.15, -0.1) is 0 Å².